The molecule has 0 saturated heterocycles. The van der Waals surface area contributed by atoms with Crippen LogP contribution in [0.2, 0.25) is 0 Å². The van der Waals surface area contributed by atoms with Crippen molar-refractivity contribution < 1.29 is 5.11 Å². The zero-order valence-electron chi connectivity index (χ0n) is 10.8. The summed E-state index contributed by atoms with van der Waals surface area (Å²) in [5.74, 6) is 0. The highest BCUT2D eigenvalue weighted by Crippen LogP contribution is 2.09. The van der Waals surface area contributed by atoms with Gasteiger partial charge in [0, 0.05) is 31.2 Å². The smallest absolute Gasteiger partial charge is 0.0991 e. The lowest BCUT2D eigenvalue weighted by atomic mass is 10.1. The summed E-state index contributed by atoms with van der Waals surface area (Å²) in [6.45, 7) is 4.93. The molecule has 0 aliphatic heterocycles. The van der Waals surface area contributed by atoms with Gasteiger partial charge in [-0.1, -0.05) is 12.1 Å². The highest BCUT2D eigenvalue weighted by atomic mass is 16.3. The van der Waals surface area contributed by atoms with E-state index in [9.17, 15) is 5.11 Å². The average molecular weight is 245 g/mol. The molecule has 2 rings (SSSR count). The van der Waals surface area contributed by atoms with E-state index in [0.717, 1.165) is 12.2 Å². The van der Waals surface area contributed by atoms with E-state index < -0.39 is 5.60 Å². The summed E-state index contributed by atoms with van der Waals surface area (Å²) >= 11 is 0. The molecule has 0 bridgehead atoms. The zero-order valence-corrected chi connectivity index (χ0v) is 10.8. The first-order valence-corrected chi connectivity index (χ1v) is 6.05. The van der Waals surface area contributed by atoms with Gasteiger partial charge in [0.1, 0.15) is 0 Å². The molecule has 0 unspecified atom stereocenters. The number of rotatable bonds is 5. The maximum absolute atomic E-state index is 9.59. The number of aliphatic hydroxyl groups is 1. The number of aromatic nitrogens is 2. The monoisotopic (exact) mass is 245 g/mol. The van der Waals surface area contributed by atoms with Crippen LogP contribution in [-0.2, 0) is 6.54 Å². The van der Waals surface area contributed by atoms with Crippen LogP contribution < -0.4 is 5.32 Å². The van der Waals surface area contributed by atoms with E-state index in [0.29, 0.717) is 6.54 Å². The van der Waals surface area contributed by atoms with Crippen molar-refractivity contribution in [3.63, 3.8) is 0 Å². The molecule has 0 spiro atoms. The van der Waals surface area contributed by atoms with E-state index in [2.05, 4.69) is 34.6 Å². The second kappa shape index (κ2) is 5.33. The van der Waals surface area contributed by atoms with Crippen LogP contribution in [-0.4, -0.2) is 26.8 Å². The number of imidazole rings is 1. The van der Waals surface area contributed by atoms with Crippen molar-refractivity contribution in [3.05, 3.63) is 48.5 Å². The standard InChI is InChI=1S/C14H19N3O/c1-14(2,18)10-16-9-12-3-5-13(6-4-12)17-8-7-15-11-17/h3-8,11,16,18H,9-10H2,1-2H3. The van der Waals surface area contributed by atoms with Crippen molar-refractivity contribution in [1.82, 2.24) is 14.9 Å². The van der Waals surface area contributed by atoms with Crippen molar-refractivity contribution in [2.75, 3.05) is 6.54 Å². The molecule has 1 heterocycles. The van der Waals surface area contributed by atoms with Crippen LogP contribution in [0, 0.1) is 0 Å². The van der Waals surface area contributed by atoms with Crippen LogP contribution in [0.5, 0.6) is 0 Å². The largest absolute Gasteiger partial charge is 0.389 e. The second-order valence-corrected chi connectivity index (χ2v) is 5.05. The quantitative estimate of drug-likeness (QED) is 0.843. The van der Waals surface area contributed by atoms with Gasteiger partial charge in [-0.2, -0.15) is 0 Å². The molecular weight excluding hydrogens is 226 g/mol. The number of nitrogens with one attached hydrogen (secondary N) is 1. The summed E-state index contributed by atoms with van der Waals surface area (Å²) in [6.07, 6.45) is 5.46. The Kier molecular flexibility index (Phi) is 3.79. The van der Waals surface area contributed by atoms with Gasteiger partial charge in [-0.25, -0.2) is 4.98 Å². The second-order valence-electron chi connectivity index (χ2n) is 5.05. The van der Waals surface area contributed by atoms with Gasteiger partial charge in [-0.15, -0.1) is 0 Å². The van der Waals surface area contributed by atoms with Crippen LogP contribution in [0.1, 0.15) is 19.4 Å². The van der Waals surface area contributed by atoms with Gasteiger partial charge >= 0.3 is 0 Å². The Morgan fingerprint density at radius 3 is 2.56 bits per heavy atom. The third-order valence-electron chi connectivity index (χ3n) is 2.63. The molecule has 4 nitrogen and oxygen atoms in total. The third kappa shape index (κ3) is 3.68. The van der Waals surface area contributed by atoms with E-state index in [-0.39, 0.29) is 0 Å². The summed E-state index contributed by atoms with van der Waals surface area (Å²) in [7, 11) is 0. The molecule has 18 heavy (non-hydrogen) atoms. The molecule has 0 amide bonds. The van der Waals surface area contributed by atoms with Gasteiger partial charge < -0.3 is 15.0 Å². The average Bonchev–Trinajstić information content (AvgIpc) is 2.82. The number of hydrogen-bond donors (Lipinski definition) is 2. The Balaban J connectivity index is 1.92. The summed E-state index contributed by atoms with van der Waals surface area (Å²) in [5, 5.41) is 12.8. The molecule has 0 aliphatic rings. The maximum Gasteiger partial charge on any atom is 0.0991 e. The lowest BCUT2D eigenvalue weighted by Gasteiger charge is -2.17. The van der Waals surface area contributed by atoms with E-state index in [1.807, 2.05) is 10.8 Å². The number of benzene rings is 1. The van der Waals surface area contributed by atoms with Gasteiger partial charge in [-0.05, 0) is 31.5 Å². The minimum Gasteiger partial charge on any atom is -0.389 e. The maximum atomic E-state index is 9.59. The fourth-order valence-electron chi connectivity index (χ4n) is 1.71. The van der Waals surface area contributed by atoms with Gasteiger partial charge in [-0.3, -0.25) is 0 Å². The first-order valence-electron chi connectivity index (χ1n) is 6.05. The van der Waals surface area contributed by atoms with Crippen LogP contribution in [0.3, 0.4) is 0 Å². The molecule has 0 atom stereocenters. The molecule has 4 heteroatoms. The van der Waals surface area contributed by atoms with Gasteiger partial charge in [0.2, 0.25) is 0 Å². The highest BCUT2D eigenvalue weighted by Gasteiger charge is 2.10. The number of nitrogens with zero attached hydrogens (tertiary/aromatic N) is 2. The van der Waals surface area contributed by atoms with E-state index in [4.69, 9.17) is 0 Å². The van der Waals surface area contributed by atoms with E-state index in [1.165, 1.54) is 5.56 Å². The lowest BCUT2D eigenvalue weighted by molar-refractivity contribution is 0.0795. The van der Waals surface area contributed by atoms with Crippen LogP contribution in [0.25, 0.3) is 5.69 Å². The predicted molar refractivity (Wildman–Crippen MR) is 71.6 cm³/mol. The van der Waals surface area contributed by atoms with Crippen LogP contribution >= 0.6 is 0 Å². The molecule has 0 saturated carbocycles. The Morgan fingerprint density at radius 2 is 2.00 bits per heavy atom. The fourth-order valence-corrected chi connectivity index (χ4v) is 1.71. The van der Waals surface area contributed by atoms with Gasteiger partial charge in [0.15, 0.2) is 0 Å². The first kappa shape index (κ1) is 12.8. The van der Waals surface area contributed by atoms with Crippen LogP contribution in [0.4, 0.5) is 0 Å². The minimum absolute atomic E-state index is 0.580. The molecule has 2 N–H and O–H groups in total. The van der Waals surface area contributed by atoms with Gasteiger partial charge in [0.05, 0.1) is 11.9 Å². The summed E-state index contributed by atoms with van der Waals surface area (Å²) < 4.78 is 1.97. The molecule has 0 aliphatic carbocycles. The zero-order chi connectivity index (χ0) is 13.0. The van der Waals surface area contributed by atoms with Crippen molar-refractivity contribution in [2.45, 2.75) is 26.0 Å². The SMILES string of the molecule is CC(C)(O)CNCc1ccc(-n2ccnc2)cc1. The van der Waals surface area contributed by atoms with Gasteiger partial charge in [0.25, 0.3) is 0 Å². The fraction of sp³-hybridized carbons (Fsp3) is 0.357. The third-order valence-corrected chi connectivity index (χ3v) is 2.63. The minimum atomic E-state index is -0.670. The van der Waals surface area contributed by atoms with E-state index in [1.54, 1.807) is 26.4 Å². The molecule has 0 fully saturated rings. The molecule has 96 valence electrons. The highest BCUT2D eigenvalue weighted by molar-refractivity contribution is 5.34. The normalized spacial score (nSPS) is 11.7. The Morgan fingerprint density at radius 1 is 1.28 bits per heavy atom. The molecule has 1 aromatic heterocycles. The number of hydrogen-bond acceptors (Lipinski definition) is 3. The molecule has 1 aromatic carbocycles. The Bertz CT molecular complexity index is 469. The summed E-state index contributed by atoms with van der Waals surface area (Å²) in [6, 6.07) is 8.27. The first-order chi connectivity index (χ1) is 8.54. The molecule has 2 aromatic rings. The van der Waals surface area contributed by atoms with Crippen molar-refractivity contribution in [3.8, 4) is 5.69 Å². The van der Waals surface area contributed by atoms with Crippen molar-refractivity contribution >= 4 is 0 Å². The summed E-state index contributed by atoms with van der Waals surface area (Å²) in [5.41, 5.74) is 1.62. The predicted octanol–water partition coefficient (Wildman–Crippen LogP) is 1.73. The Labute approximate surface area is 107 Å². The molecule has 0 radical (unpaired) electrons. The summed E-state index contributed by atoms with van der Waals surface area (Å²) in [4.78, 5) is 4.02. The van der Waals surface area contributed by atoms with E-state index >= 15 is 0 Å². The lowest BCUT2D eigenvalue weighted by Crippen LogP contribution is -2.34. The molecular formula is C14H19N3O. The Hall–Kier alpha value is -1.65. The topological polar surface area (TPSA) is 50.1 Å². The van der Waals surface area contributed by atoms with Crippen molar-refractivity contribution in [1.29, 1.82) is 0 Å². The van der Waals surface area contributed by atoms with Crippen molar-refractivity contribution in [2.24, 2.45) is 0 Å². The van der Waals surface area contributed by atoms with Crippen LogP contribution in [0.15, 0.2) is 43.0 Å².